The van der Waals surface area contributed by atoms with Crippen LogP contribution in [0.3, 0.4) is 0 Å². The summed E-state index contributed by atoms with van der Waals surface area (Å²) < 4.78 is 0. The summed E-state index contributed by atoms with van der Waals surface area (Å²) in [5.74, 6) is 3.04. The van der Waals surface area contributed by atoms with Gasteiger partial charge in [0.1, 0.15) is 0 Å². The lowest BCUT2D eigenvalue weighted by atomic mass is 9.78. The standard InChI is InChI=1S/C28H57N/c1-6-10-15-25(14-9-4)18-13-23-29(5)28-21-19-27(20-22-28)24-26(16-11-7-2)17-12-8-3/h25-28H,6-24H2,1-5H3. The summed E-state index contributed by atoms with van der Waals surface area (Å²) in [5, 5.41) is 0. The third-order valence-electron chi connectivity index (χ3n) is 7.82. The van der Waals surface area contributed by atoms with E-state index in [0.717, 1.165) is 23.8 Å². The Morgan fingerprint density at radius 1 is 0.621 bits per heavy atom. The third-order valence-corrected chi connectivity index (χ3v) is 7.82. The van der Waals surface area contributed by atoms with E-state index in [0.29, 0.717) is 0 Å². The highest BCUT2D eigenvalue weighted by molar-refractivity contribution is 4.80. The molecular formula is C28H57N. The predicted octanol–water partition coefficient (Wildman–Crippen LogP) is 9.25. The van der Waals surface area contributed by atoms with Crippen LogP contribution in [0.1, 0.15) is 143 Å². The maximum absolute atomic E-state index is 2.73. The minimum absolute atomic E-state index is 0.872. The highest BCUT2D eigenvalue weighted by atomic mass is 15.1. The van der Waals surface area contributed by atoms with Gasteiger partial charge in [0.2, 0.25) is 0 Å². The molecule has 1 fully saturated rings. The van der Waals surface area contributed by atoms with Crippen LogP contribution in [-0.4, -0.2) is 24.5 Å². The van der Waals surface area contributed by atoms with Gasteiger partial charge in [0.05, 0.1) is 0 Å². The van der Waals surface area contributed by atoms with Gasteiger partial charge in [-0.3, -0.25) is 0 Å². The number of rotatable bonds is 18. The van der Waals surface area contributed by atoms with Crippen LogP contribution in [0, 0.1) is 17.8 Å². The molecule has 1 unspecified atom stereocenters. The highest BCUT2D eigenvalue weighted by Crippen LogP contribution is 2.34. The Morgan fingerprint density at radius 3 is 1.66 bits per heavy atom. The van der Waals surface area contributed by atoms with Gasteiger partial charge in [-0.2, -0.15) is 0 Å². The van der Waals surface area contributed by atoms with E-state index in [1.54, 1.807) is 0 Å². The normalized spacial score (nSPS) is 21.2. The molecule has 1 aliphatic rings. The molecule has 1 atom stereocenters. The van der Waals surface area contributed by atoms with Crippen LogP contribution in [0.2, 0.25) is 0 Å². The summed E-state index contributed by atoms with van der Waals surface area (Å²) >= 11 is 0. The molecule has 0 saturated heterocycles. The lowest BCUT2D eigenvalue weighted by Gasteiger charge is -2.36. The molecule has 0 aliphatic heterocycles. The molecule has 0 N–H and O–H groups in total. The zero-order valence-electron chi connectivity index (χ0n) is 21.2. The molecule has 0 heterocycles. The number of hydrogen-bond donors (Lipinski definition) is 0. The first-order valence-electron chi connectivity index (χ1n) is 13.8. The van der Waals surface area contributed by atoms with Crippen molar-refractivity contribution in [2.24, 2.45) is 17.8 Å². The smallest absolute Gasteiger partial charge is 0.00924 e. The second-order valence-corrected chi connectivity index (χ2v) is 10.5. The van der Waals surface area contributed by atoms with Crippen LogP contribution in [0.25, 0.3) is 0 Å². The minimum Gasteiger partial charge on any atom is -0.303 e. The molecule has 29 heavy (non-hydrogen) atoms. The van der Waals surface area contributed by atoms with Gasteiger partial charge in [0, 0.05) is 6.04 Å². The van der Waals surface area contributed by atoms with Gasteiger partial charge in [-0.15, -0.1) is 0 Å². The lowest BCUT2D eigenvalue weighted by molar-refractivity contribution is 0.147. The van der Waals surface area contributed by atoms with Gasteiger partial charge < -0.3 is 4.90 Å². The number of nitrogens with zero attached hydrogens (tertiary/aromatic N) is 1. The van der Waals surface area contributed by atoms with Crippen molar-refractivity contribution in [3.05, 3.63) is 0 Å². The van der Waals surface area contributed by atoms with E-state index in [9.17, 15) is 0 Å². The van der Waals surface area contributed by atoms with Crippen molar-refractivity contribution in [1.82, 2.24) is 4.90 Å². The van der Waals surface area contributed by atoms with Crippen LogP contribution in [0.5, 0.6) is 0 Å². The first-order chi connectivity index (χ1) is 14.1. The van der Waals surface area contributed by atoms with Gasteiger partial charge in [0.15, 0.2) is 0 Å². The van der Waals surface area contributed by atoms with Gasteiger partial charge in [-0.05, 0) is 76.3 Å². The van der Waals surface area contributed by atoms with Crippen LogP contribution >= 0.6 is 0 Å². The molecule has 0 aromatic rings. The third kappa shape index (κ3) is 12.4. The Hall–Kier alpha value is -0.0400. The molecule has 0 amide bonds. The van der Waals surface area contributed by atoms with Crippen molar-refractivity contribution in [3.63, 3.8) is 0 Å². The maximum atomic E-state index is 2.73. The molecule has 1 rings (SSSR count). The molecule has 0 aromatic heterocycles. The van der Waals surface area contributed by atoms with E-state index >= 15 is 0 Å². The molecular weight excluding hydrogens is 350 g/mol. The molecule has 0 aromatic carbocycles. The Bertz CT molecular complexity index is 336. The highest BCUT2D eigenvalue weighted by Gasteiger charge is 2.25. The van der Waals surface area contributed by atoms with Crippen LogP contribution in [-0.2, 0) is 0 Å². The van der Waals surface area contributed by atoms with Gasteiger partial charge in [-0.25, -0.2) is 0 Å². The fourth-order valence-corrected chi connectivity index (χ4v) is 5.80. The van der Waals surface area contributed by atoms with E-state index in [4.69, 9.17) is 0 Å². The molecule has 1 saturated carbocycles. The molecule has 0 radical (unpaired) electrons. The van der Waals surface area contributed by atoms with Crippen molar-refractivity contribution >= 4 is 0 Å². The van der Waals surface area contributed by atoms with Crippen LogP contribution in [0.4, 0.5) is 0 Å². The molecule has 1 aliphatic carbocycles. The second-order valence-electron chi connectivity index (χ2n) is 10.5. The zero-order valence-corrected chi connectivity index (χ0v) is 21.2. The van der Waals surface area contributed by atoms with Crippen molar-refractivity contribution in [1.29, 1.82) is 0 Å². The molecule has 174 valence electrons. The first kappa shape index (κ1) is 27.0. The summed E-state index contributed by atoms with van der Waals surface area (Å²) in [6.07, 6.45) is 26.0. The van der Waals surface area contributed by atoms with Gasteiger partial charge in [-0.1, -0.05) is 98.3 Å². The van der Waals surface area contributed by atoms with Crippen molar-refractivity contribution in [3.8, 4) is 0 Å². The average Bonchev–Trinajstić information content (AvgIpc) is 2.74. The monoisotopic (exact) mass is 407 g/mol. The van der Waals surface area contributed by atoms with Crippen molar-refractivity contribution in [2.45, 2.75) is 149 Å². The fourth-order valence-electron chi connectivity index (χ4n) is 5.80. The summed E-state index contributed by atoms with van der Waals surface area (Å²) in [6.45, 7) is 10.7. The Balaban J connectivity index is 2.27. The van der Waals surface area contributed by atoms with E-state index in [-0.39, 0.29) is 0 Å². The van der Waals surface area contributed by atoms with Crippen LogP contribution in [0.15, 0.2) is 0 Å². The Kier molecular flexibility index (Phi) is 16.4. The summed E-state index contributed by atoms with van der Waals surface area (Å²) in [6, 6.07) is 0.872. The predicted molar refractivity (Wildman–Crippen MR) is 133 cm³/mol. The Labute approximate surface area is 185 Å². The van der Waals surface area contributed by atoms with E-state index in [2.05, 4.69) is 39.6 Å². The average molecular weight is 408 g/mol. The van der Waals surface area contributed by atoms with Crippen molar-refractivity contribution < 1.29 is 0 Å². The summed E-state index contributed by atoms with van der Waals surface area (Å²) in [5.41, 5.74) is 0. The lowest BCUT2D eigenvalue weighted by Crippen LogP contribution is -2.36. The minimum atomic E-state index is 0.872. The quantitative estimate of drug-likeness (QED) is 0.219. The molecule has 0 bridgehead atoms. The van der Waals surface area contributed by atoms with E-state index in [1.165, 1.54) is 122 Å². The van der Waals surface area contributed by atoms with E-state index < -0.39 is 0 Å². The Morgan fingerprint density at radius 2 is 1.14 bits per heavy atom. The van der Waals surface area contributed by atoms with Crippen LogP contribution < -0.4 is 0 Å². The topological polar surface area (TPSA) is 3.24 Å². The summed E-state index contributed by atoms with van der Waals surface area (Å²) in [4.78, 5) is 2.73. The largest absolute Gasteiger partial charge is 0.303 e. The zero-order chi connectivity index (χ0) is 21.3. The van der Waals surface area contributed by atoms with E-state index in [1.807, 2.05) is 0 Å². The van der Waals surface area contributed by atoms with Gasteiger partial charge >= 0.3 is 0 Å². The molecule has 1 nitrogen and oxygen atoms in total. The summed E-state index contributed by atoms with van der Waals surface area (Å²) in [7, 11) is 2.41. The number of unbranched alkanes of at least 4 members (excludes halogenated alkanes) is 3. The molecule has 1 heteroatoms. The maximum Gasteiger partial charge on any atom is 0.00924 e. The fraction of sp³-hybridized carbons (Fsp3) is 1.00. The van der Waals surface area contributed by atoms with Crippen molar-refractivity contribution in [2.75, 3.05) is 13.6 Å². The first-order valence-corrected chi connectivity index (χ1v) is 13.8. The second kappa shape index (κ2) is 17.6. The number of hydrogen-bond acceptors (Lipinski definition) is 1. The molecule has 0 spiro atoms. The SMILES string of the molecule is CCCCC(CCC)CCCN(C)C1CCC(CC(CCCC)CCCC)CC1. The van der Waals surface area contributed by atoms with Gasteiger partial charge in [0.25, 0.3) is 0 Å².